The van der Waals surface area contributed by atoms with Crippen LogP contribution in [0.3, 0.4) is 0 Å². The largest absolute Gasteiger partial charge is 0.319 e. The fourth-order valence-corrected chi connectivity index (χ4v) is 1.93. The van der Waals surface area contributed by atoms with E-state index in [1.807, 2.05) is 7.05 Å². The van der Waals surface area contributed by atoms with E-state index in [1.165, 1.54) is 25.9 Å². The van der Waals surface area contributed by atoms with Crippen LogP contribution in [0.5, 0.6) is 0 Å². The second kappa shape index (κ2) is 7.24. The number of hydrogen-bond acceptors (Lipinski definition) is 2. The summed E-state index contributed by atoms with van der Waals surface area (Å²) in [5, 5.41) is 3.30. The minimum atomic E-state index is 0.417. The first-order chi connectivity index (χ1) is 6.93. The lowest BCUT2D eigenvalue weighted by Gasteiger charge is -2.33. The van der Waals surface area contributed by atoms with Crippen molar-refractivity contribution >= 4 is 0 Å². The van der Waals surface area contributed by atoms with Crippen molar-refractivity contribution in [1.82, 2.24) is 10.2 Å². The molecule has 15 heavy (non-hydrogen) atoms. The van der Waals surface area contributed by atoms with Crippen molar-refractivity contribution in [2.75, 3.05) is 33.7 Å². The normalized spacial score (nSPS) is 16.0. The van der Waals surface area contributed by atoms with Gasteiger partial charge in [-0.15, -0.1) is 0 Å². The highest BCUT2D eigenvalue weighted by molar-refractivity contribution is 4.78. The maximum absolute atomic E-state index is 3.30. The van der Waals surface area contributed by atoms with E-state index >= 15 is 0 Å². The molecule has 0 aromatic rings. The van der Waals surface area contributed by atoms with E-state index in [4.69, 9.17) is 0 Å². The lowest BCUT2D eigenvalue weighted by Crippen LogP contribution is -2.40. The van der Waals surface area contributed by atoms with Gasteiger partial charge in [-0.3, -0.25) is 0 Å². The van der Waals surface area contributed by atoms with Gasteiger partial charge >= 0.3 is 0 Å². The second-order valence-corrected chi connectivity index (χ2v) is 5.61. The summed E-state index contributed by atoms with van der Waals surface area (Å²) in [6.45, 7) is 12.8. The van der Waals surface area contributed by atoms with Crippen LogP contribution in [0, 0.1) is 11.3 Å². The molecule has 2 nitrogen and oxygen atoms in total. The van der Waals surface area contributed by atoms with Crippen LogP contribution in [0.4, 0.5) is 0 Å². The van der Waals surface area contributed by atoms with E-state index in [9.17, 15) is 0 Å². The van der Waals surface area contributed by atoms with E-state index in [1.54, 1.807) is 0 Å². The van der Waals surface area contributed by atoms with Crippen LogP contribution >= 0.6 is 0 Å². The van der Waals surface area contributed by atoms with Crippen molar-refractivity contribution in [3.8, 4) is 0 Å². The molecular weight excluding hydrogens is 184 g/mol. The molecule has 0 saturated carbocycles. The maximum Gasteiger partial charge on any atom is 0.00443 e. The summed E-state index contributed by atoms with van der Waals surface area (Å²) in [7, 11) is 4.29. The second-order valence-electron chi connectivity index (χ2n) is 5.61. The van der Waals surface area contributed by atoms with Gasteiger partial charge in [0.1, 0.15) is 0 Å². The quantitative estimate of drug-likeness (QED) is 0.668. The summed E-state index contributed by atoms with van der Waals surface area (Å²) >= 11 is 0. The van der Waals surface area contributed by atoms with Crippen LogP contribution in [0.25, 0.3) is 0 Å². The van der Waals surface area contributed by atoms with Gasteiger partial charge < -0.3 is 10.2 Å². The summed E-state index contributed by atoms with van der Waals surface area (Å²) in [6.07, 6.45) is 2.54. The Morgan fingerprint density at radius 2 is 1.93 bits per heavy atom. The molecule has 0 aliphatic rings. The van der Waals surface area contributed by atoms with Crippen LogP contribution in [0.15, 0.2) is 0 Å². The van der Waals surface area contributed by atoms with Crippen molar-refractivity contribution in [3.05, 3.63) is 0 Å². The molecular formula is C13H30N2. The third-order valence-corrected chi connectivity index (χ3v) is 3.20. The van der Waals surface area contributed by atoms with Gasteiger partial charge in [-0.1, -0.05) is 27.7 Å². The Hall–Kier alpha value is -0.0800. The van der Waals surface area contributed by atoms with E-state index in [0.29, 0.717) is 5.41 Å². The Bertz CT molecular complexity index is 157. The number of rotatable bonds is 8. The highest BCUT2D eigenvalue weighted by Crippen LogP contribution is 2.21. The fraction of sp³-hybridized carbons (Fsp3) is 1.00. The Labute approximate surface area is 96.4 Å². The van der Waals surface area contributed by atoms with E-state index in [0.717, 1.165) is 12.5 Å². The van der Waals surface area contributed by atoms with Gasteiger partial charge in [0.05, 0.1) is 0 Å². The number of nitrogens with zero attached hydrogens (tertiary/aromatic N) is 1. The van der Waals surface area contributed by atoms with Gasteiger partial charge in [0, 0.05) is 13.1 Å². The van der Waals surface area contributed by atoms with Crippen LogP contribution in [-0.4, -0.2) is 38.6 Å². The van der Waals surface area contributed by atoms with Crippen molar-refractivity contribution in [2.45, 2.75) is 40.5 Å². The highest BCUT2D eigenvalue weighted by Gasteiger charge is 2.22. The zero-order valence-corrected chi connectivity index (χ0v) is 11.6. The lowest BCUT2D eigenvalue weighted by atomic mass is 9.87. The molecule has 1 N–H and O–H groups in total. The summed E-state index contributed by atoms with van der Waals surface area (Å²) in [6, 6.07) is 0. The number of nitrogens with one attached hydrogen (secondary N) is 1. The SMILES string of the molecule is CCC(C)(CNC)CN(C)CCC(C)C. The van der Waals surface area contributed by atoms with Crippen LogP contribution in [-0.2, 0) is 0 Å². The molecule has 2 heteroatoms. The minimum Gasteiger partial charge on any atom is -0.319 e. The van der Waals surface area contributed by atoms with Gasteiger partial charge in [0.2, 0.25) is 0 Å². The third-order valence-electron chi connectivity index (χ3n) is 3.20. The molecule has 0 aromatic carbocycles. The first-order valence-corrected chi connectivity index (χ1v) is 6.26. The van der Waals surface area contributed by atoms with E-state index < -0.39 is 0 Å². The molecule has 0 saturated heterocycles. The van der Waals surface area contributed by atoms with Crippen molar-refractivity contribution < 1.29 is 0 Å². The summed E-state index contributed by atoms with van der Waals surface area (Å²) in [4.78, 5) is 2.47. The Kier molecular flexibility index (Phi) is 7.20. The molecule has 1 unspecified atom stereocenters. The van der Waals surface area contributed by atoms with Crippen LogP contribution in [0.1, 0.15) is 40.5 Å². The van der Waals surface area contributed by atoms with E-state index in [2.05, 4.69) is 45.0 Å². The Morgan fingerprint density at radius 1 is 1.33 bits per heavy atom. The molecule has 0 amide bonds. The molecule has 1 atom stereocenters. The average molecular weight is 214 g/mol. The first kappa shape index (κ1) is 14.9. The third kappa shape index (κ3) is 6.91. The lowest BCUT2D eigenvalue weighted by molar-refractivity contribution is 0.177. The highest BCUT2D eigenvalue weighted by atomic mass is 15.1. The Balaban J connectivity index is 3.94. The average Bonchev–Trinajstić information content (AvgIpc) is 2.15. The smallest absolute Gasteiger partial charge is 0.00443 e. The molecule has 0 aromatic heterocycles. The summed E-state index contributed by atoms with van der Waals surface area (Å²) < 4.78 is 0. The first-order valence-electron chi connectivity index (χ1n) is 6.26. The van der Waals surface area contributed by atoms with Crippen LogP contribution < -0.4 is 5.32 Å². The zero-order chi connectivity index (χ0) is 11.9. The van der Waals surface area contributed by atoms with Crippen LogP contribution in [0.2, 0.25) is 0 Å². The Morgan fingerprint density at radius 3 is 2.33 bits per heavy atom. The topological polar surface area (TPSA) is 15.3 Å². The molecule has 0 aliphatic heterocycles. The molecule has 0 fully saturated rings. The predicted octanol–water partition coefficient (Wildman–Crippen LogP) is 2.60. The monoisotopic (exact) mass is 214 g/mol. The predicted molar refractivity (Wildman–Crippen MR) is 69.3 cm³/mol. The molecule has 0 spiro atoms. The number of hydrogen-bond donors (Lipinski definition) is 1. The molecule has 0 radical (unpaired) electrons. The summed E-state index contributed by atoms with van der Waals surface area (Å²) in [5.41, 5.74) is 0.417. The standard InChI is InChI=1S/C13H30N2/c1-7-13(4,10-14-5)11-15(6)9-8-12(2)3/h12,14H,7-11H2,1-6H3. The van der Waals surface area contributed by atoms with Gasteiger partial charge in [-0.25, -0.2) is 0 Å². The van der Waals surface area contributed by atoms with Crippen molar-refractivity contribution in [2.24, 2.45) is 11.3 Å². The van der Waals surface area contributed by atoms with Gasteiger partial charge in [-0.2, -0.15) is 0 Å². The van der Waals surface area contributed by atoms with Crippen molar-refractivity contribution in [3.63, 3.8) is 0 Å². The molecule has 0 aliphatic carbocycles. The van der Waals surface area contributed by atoms with Gasteiger partial charge in [0.25, 0.3) is 0 Å². The van der Waals surface area contributed by atoms with Gasteiger partial charge in [0.15, 0.2) is 0 Å². The van der Waals surface area contributed by atoms with Crippen molar-refractivity contribution in [1.29, 1.82) is 0 Å². The van der Waals surface area contributed by atoms with E-state index in [-0.39, 0.29) is 0 Å². The molecule has 0 bridgehead atoms. The molecule has 0 heterocycles. The molecule has 0 rings (SSSR count). The fourth-order valence-electron chi connectivity index (χ4n) is 1.93. The zero-order valence-electron chi connectivity index (χ0n) is 11.6. The molecule has 92 valence electrons. The minimum absolute atomic E-state index is 0.417. The summed E-state index contributed by atoms with van der Waals surface area (Å²) in [5.74, 6) is 0.810. The van der Waals surface area contributed by atoms with Gasteiger partial charge in [-0.05, 0) is 44.8 Å². The maximum atomic E-state index is 3.30.